The van der Waals surface area contributed by atoms with E-state index in [0.29, 0.717) is 46.0 Å². The first-order chi connectivity index (χ1) is 16.0. The van der Waals surface area contributed by atoms with E-state index in [4.69, 9.17) is 4.74 Å². The van der Waals surface area contributed by atoms with Gasteiger partial charge >= 0.3 is 5.97 Å². The van der Waals surface area contributed by atoms with Gasteiger partial charge in [-0.15, -0.1) is 0 Å². The van der Waals surface area contributed by atoms with Gasteiger partial charge in [-0.1, -0.05) is 37.3 Å². The van der Waals surface area contributed by atoms with Crippen molar-refractivity contribution in [2.45, 2.75) is 13.3 Å². The van der Waals surface area contributed by atoms with Gasteiger partial charge in [0.15, 0.2) is 0 Å². The average Bonchev–Trinajstić information content (AvgIpc) is 3.27. The van der Waals surface area contributed by atoms with E-state index in [1.54, 1.807) is 31.4 Å². The Morgan fingerprint density at radius 1 is 1.15 bits per heavy atom. The molecule has 2 aromatic heterocycles. The number of nitrogens with one attached hydrogen (secondary N) is 2. The molecule has 8 nitrogen and oxygen atoms in total. The summed E-state index contributed by atoms with van der Waals surface area (Å²) in [6, 6.07) is 14.5. The summed E-state index contributed by atoms with van der Waals surface area (Å²) in [7, 11) is 1.58. The Bertz CT molecular complexity index is 1370. The van der Waals surface area contributed by atoms with Crippen LogP contribution in [0.1, 0.15) is 28.7 Å². The number of para-hydroxylation sites is 1. The van der Waals surface area contributed by atoms with Gasteiger partial charge < -0.3 is 20.1 Å². The molecule has 0 saturated heterocycles. The number of benzene rings is 2. The molecule has 0 aliphatic heterocycles. The minimum absolute atomic E-state index is 0.0943. The maximum atomic E-state index is 12.5. The summed E-state index contributed by atoms with van der Waals surface area (Å²) in [6.45, 7) is 1.93. The quantitative estimate of drug-likeness (QED) is 0.362. The maximum absolute atomic E-state index is 12.5. The van der Waals surface area contributed by atoms with Crippen LogP contribution >= 0.6 is 0 Å². The number of methoxy groups -OCH3 is 1. The number of H-pyrrole nitrogens is 1. The first kappa shape index (κ1) is 21.8. The molecule has 1 amide bonds. The summed E-state index contributed by atoms with van der Waals surface area (Å²) in [5.74, 6) is -0.122. The van der Waals surface area contributed by atoms with E-state index in [9.17, 15) is 14.7 Å². The summed E-state index contributed by atoms with van der Waals surface area (Å²) in [5.41, 5.74) is 3.06. The summed E-state index contributed by atoms with van der Waals surface area (Å²) >= 11 is 0. The Kier molecular flexibility index (Phi) is 6.17. The van der Waals surface area contributed by atoms with Gasteiger partial charge in [0, 0.05) is 35.5 Å². The zero-order valence-electron chi connectivity index (χ0n) is 18.1. The number of aromatic nitrogens is 3. The summed E-state index contributed by atoms with van der Waals surface area (Å²) < 4.78 is 5.30. The minimum atomic E-state index is -1.07. The highest BCUT2D eigenvalue weighted by Gasteiger charge is 2.19. The van der Waals surface area contributed by atoms with E-state index < -0.39 is 5.97 Å². The lowest BCUT2D eigenvalue weighted by Gasteiger charge is -2.09. The molecule has 166 valence electrons. The highest BCUT2D eigenvalue weighted by molar-refractivity contribution is 6.08. The Balaban J connectivity index is 1.65. The highest BCUT2D eigenvalue weighted by atomic mass is 16.5. The van der Waals surface area contributed by atoms with Crippen molar-refractivity contribution in [3.05, 3.63) is 77.8 Å². The smallest absolute Gasteiger partial charge is 0.338 e. The number of hydrogen-bond donors (Lipinski definition) is 3. The van der Waals surface area contributed by atoms with Crippen molar-refractivity contribution >= 4 is 34.7 Å². The van der Waals surface area contributed by atoms with Gasteiger partial charge in [0.1, 0.15) is 17.2 Å². The minimum Gasteiger partial charge on any atom is -0.496 e. The highest BCUT2D eigenvalue weighted by Crippen LogP contribution is 2.30. The molecule has 0 saturated carbocycles. The zero-order valence-corrected chi connectivity index (χ0v) is 18.1. The molecule has 4 aromatic rings. The van der Waals surface area contributed by atoms with E-state index in [2.05, 4.69) is 20.3 Å². The Labute approximate surface area is 190 Å². The topological polar surface area (TPSA) is 117 Å². The normalized spacial score (nSPS) is 11.1. The molecule has 33 heavy (non-hydrogen) atoms. The standard InChI is InChI=1S/C25H22N4O4/c1-3-20-28-23(22-18(25(31)32)14-26-24(22)29-20)16-8-6-9-17(13-16)27-21(30)12-11-15-7-4-5-10-19(15)33-2/h4-14H,3H2,1-2H3,(H,27,30)(H,31,32)(H,26,28,29)/b12-11-. The zero-order chi connectivity index (χ0) is 23.4. The molecule has 0 radical (unpaired) electrons. The number of aromatic carboxylic acids is 1. The van der Waals surface area contributed by atoms with Crippen molar-refractivity contribution in [3.63, 3.8) is 0 Å². The van der Waals surface area contributed by atoms with Crippen LogP contribution in [-0.4, -0.2) is 39.0 Å². The number of carbonyl (C=O) groups excluding carboxylic acids is 1. The number of aromatic amines is 1. The van der Waals surface area contributed by atoms with Crippen LogP contribution in [0.25, 0.3) is 28.4 Å². The van der Waals surface area contributed by atoms with Crippen LogP contribution in [0, 0.1) is 0 Å². The predicted molar refractivity (Wildman–Crippen MR) is 126 cm³/mol. The van der Waals surface area contributed by atoms with Crippen LogP contribution in [0.3, 0.4) is 0 Å². The number of hydrogen-bond acceptors (Lipinski definition) is 5. The van der Waals surface area contributed by atoms with Crippen LogP contribution in [-0.2, 0) is 11.2 Å². The van der Waals surface area contributed by atoms with E-state index in [1.807, 2.05) is 37.3 Å². The molecule has 8 heteroatoms. The molecule has 0 unspecified atom stereocenters. The number of aryl methyl sites for hydroxylation is 1. The summed E-state index contributed by atoms with van der Waals surface area (Å²) in [5, 5.41) is 12.8. The Morgan fingerprint density at radius 2 is 1.97 bits per heavy atom. The van der Waals surface area contributed by atoms with Crippen molar-refractivity contribution in [3.8, 4) is 17.0 Å². The van der Waals surface area contributed by atoms with Gasteiger partial charge in [0.2, 0.25) is 5.91 Å². The molecule has 2 aromatic carbocycles. The van der Waals surface area contributed by atoms with Crippen molar-refractivity contribution in [2.75, 3.05) is 12.4 Å². The van der Waals surface area contributed by atoms with Gasteiger partial charge in [0.25, 0.3) is 0 Å². The van der Waals surface area contributed by atoms with Crippen LogP contribution in [0.5, 0.6) is 5.75 Å². The second-order valence-electron chi connectivity index (χ2n) is 7.22. The second-order valence-corrected chi connectivity index (χ2v) is 7.22. The lowest BCUT2D eigenvalue weighted by atomic mass is 10.1. The number of rotatable bonds is 7. The Hall–Kier alpha value is -4.46. The van der Waals surface area contributed by atoms with Gasteiger partial charge in [-0.2, -0.15) is 0 Å². The van der Waals surface area contributed by atoms with Gasteiger partial charge in [0.05, 0.1) is 23.8 Å². The maximum Gasteiger partial charge on any atom is 0.338 e. The monoisotopic (exact) mass is 442 g/mol. The molecule has 0 aliphatic rings. The number of ether oxygens (including phenoxy) is 1. The van der Waals surface area contributed by atoms with Gasteiger partial charge in [-0.3, -0.25) is 4.79 Å². The van der Waals surface area contributed by atoms with E-state index in [1.165, 1.54) is 12.3 Å². The summed E-state index contributed by atoms with van der Waals surface area (Å²) in [4.78, 5) is 36.1. The number of carboxylic acid groups (broad SMARTS) is 1. The molecular weight excluding hydrogens is 420 g/mol. The van der Waals surface area contributed by atoms with Gasteiger partial charge in [-0.25, -0.2) is 14.8 Å². The molecule has 2 heterocycles. The predicted octanol–water partition coefficient (Wildman–Crippen LogP) is 4.55. The van der Waals surface area contributed by atoms with Crippen LogP contribution in [0.4, 0.5) is 5.69 Å². The largest absolute Gasteiger partial charge is 0.496 e. The summed E-state index contributed by atoms with van der Waals surface area (Å²) in [6.07, 6.45) is 5.11. The van der Waals surface area contributed by atoms with Crippen LogP contribution < -0.4 is 10.1 Å². The number of amides is 1. The number of anilines is 1. The van der Waals surface area contributed by atoms with Crippen LogP contribution in [0.2, 0.25) is 0 Å². The lowest BCUT2D eigenvalue weighted by Crippen LogP contribution is -2.08. The average molecular weight is 442 g/mol. The lowest BCUT2D eigenvalue weighted by molar-refractivity contribution is -0.111. The van der Waals surface area contributed by atoms with E-state index >= 15 is 0 Å². The van der Waals surface area contributed by atoms with E-state index in [0.717, 1.165) is 5.56 Å². The molecule has 3 N–H and O–H groups in total. The molecule has 0 fully saturated rings. The molecule has 0 atom stereocenters. The fourth-order valence-corrected chi connectivity index (χ4v) is 3.51. The van der Waals surface area contributed by atoms with Crippen molar-refractivity contribution in [2.24, 2.45) is 0 Å². The molecule has 4 rings (SSSR count). The van der Waals surface area contributed by atoms with Crippen molar-refractivity contribution < 1.29 is 19.4 Å². The first-order valence-corrected chi connectivity index (χ1v) is 10.3. The number of carbonyl (C=O) groups is 2. The molecule has 0 bridgehead atoms. The third-order valence-corrected chi connectivity index (χ3v) is 5.08. The fourth-order valence-electron chi connectivity index (χ4n) is 3.51. The number of fused-ring (bicyclic) bond motifs is 1. The fraction of sp³-hybridized carbons (Fsp3) is 0.120. The number of carboxylic acids is 1. The van der Waals surface area contributed by atoms with Crippen molar-refractivity contribution in [1.29, 1.82) is 0 Å². The third-order valence-electron chi connectivity index (χ3n) is 5.08. The third kappa shape index (κ3) is 4.59. The molecule has 0 spiro atoms. The second kappa shape index (κ2) is 9.35. The SMILES string of the molecule is CCc1nc(-c2cccc(NC(=O)/C=C\c3ccccc3OC)c2)c2c(C(=O)O)c[nH]c2n1. The molecule has 0 aliphatic carbocycles. The Morgan fingerprint density at radius 3 is 2.73 bits per heavy atom. The van der Waals surface area contributed by atoms with E-state index in [-0.39, 0.29) is 11.5 Å². The van der Waals surface area contributed by atoms with Gasteiger partial charge in [-0.05, 0) is 24.3 Å². The number of nitrogens with zero attached hydrogens (tertiary/aromatic N) is 2. The van der Waals surface area contributed by atoms with Crippen LogP contribution in [0.15, 0.2) is 60.8 Å². The van der Waals surface area contributed by atoms with Crippen molar-refractivity contribution in [1.82, 2.24) is 15.0 Å². The first-order valence-electron chi connectivity index (χ1n) is 10.3. The molecular formula is C25H22N4O4.